The normalized spacial score (nSPS) is 10.8. The van der Waals surface area contributed by atoms with Crippen molar-refractivity contribution in [2.24, 2.45) is 21.7 Å². The fraction of sp³-hybridized carbons (Fsp3) is 0.273. The second kappa shape index (κ2) is 5.74. The molecule has 0 saturated carbocycles. The van der Waals surface area contributed by atoms with Crippen LogP contribution in [0.2, 0.25) is 0 Å². The van der Waals surface area contributed by atoms with E-state index in [-0.39, 0.29) is 17.8 Å². The third-order valence-electron chi connectivity index (χ3n) is 1.74. The number of hydrogen-bond acceptors (Lipinski definition) is 4. The molecule has 1 rings (SSSR count). The SMILES string of the molecule is CC(C)Oc1ccc(C=NN=C(N)N)c(O)c1. The lowest BCUT2D eigenvalue weighted by atomic mass is 10.2. The Labute approximate surface area is 99.6 Å². The van der Waals surface area contributed by atoms with Crippen molar-refractivity contribution < 1.29 is 9.84 Å². The van der Waals surface area contributed by atoms with E-state index < -0.39 is 0 Å². The predicted octanol–water partition coefficient (Wildman–Crippen LogP) is 0.787. The summed E-state index contributed by atoms with van der Waals surface area (Å²) in [6, 6.07) is 4.91. The van der Waals surface area contributed by atoms with Crippen LogP contribution in [0.5, 0.6) is 11.5 Å². The van der Waals surface area contributed by atoms with Gasteiger partial charge in [-0.3, -0.25) is 0 Å². The molecule has 0 aliphatic heterocycles. The van der Waals surface area contributed by atoms with Crippen LogP contribution < -0.4 is 16.2 Å². The highest BCUT2D eigenvalue weighted by atomic mass is 16.5. The van der Waals surface area contributed by atoms with E-state index >= 15 is 0 Å². The Morgan fingerprint density at radius 3 is 2.65 bits per heavy atom. The molecule has 0 fully saturated rings. The summed E-state index contributed by atoms with van der Waals surface area (Å²) >= 11 is 0. The first-order valence-electron chi connectivity index (χ1n) is 5.10. The van der Waals surface area contributed by atoms with Crippen LogP contribution in [0.25, 0.3) is 0 Å². The number of rotatable bonds is 4. The number of ether oxygens (including phenoxy) is 1. The molecule has 0 aliphatic carbocycles. The standard InChI is InChI=1S/C11H16N4O2/c1-7(2)17-9-4-3-8(10(16)5-9)6-14-15-11(12)13/h3-7,16H,1-2H3,(H4,12,13,15). The van der Waals surface area contributed by atoms with Crippen molar-refractivity contribution in [3.8, 4) is 11.5 Å². The van der Waals surface area contributed by atoms with Crippen molar-refractivity contribution in [1.29, 1.82) is 0 Å². The molecule has 0 radical (unpaired) electrons. The molecule has 0 heterocycles. The quantitative estimate of drug-likeness (QED) is 0.408. The Morgan fingerprint density at radius 2 is 2.12 bits per heavy atom. The molecule has 6 heteroatoms. The highest BCUT2D eigenvalue weighted by molar-refractivity contribution is 5.84. The number of aromatic hydroxyl groups is 1. The third-order valence-corrected chi connectivity index (χ3v) is 1.74. The van der Waals surface area contributed by atoms with Crippen LogP contribution in [0.4, 0.5) is 0 Å². The Morgan fingerprint density at radius 1 is 1.41 bits per heavy atom. The number of phenols is 1. The molecule has 0 spiro atoms. The molecule has 0 saturated heterocycles. The molecular weight excluding hydrogens is 220 g/mol. The van der Waals surface area contributed by atoms with Crippen LogP contribution in [0.15, 0.2) is 28.4 Å². The Hall–Kier alpha value is -2.24. The fourth-order valence-electron chi connectivity index (χ4n) is 1.14. The molecule has 0 amide bonds. The molecule has 0 bridgehead atoms. The monoisotopic (exact) mass is 236 g/mol. The number of guanidine groups is 1. The molecule has 0 aromatic heterocycles. The second-order valence-corrected chi connectivity index (χ2v) is 3.66. The second-order valence-electron chi connectivity index (χ2n) is 3.66. The molecule has 6 nitrogen and oxygen atoms in total. The lowest BCUT2D eigenvalue weighted by molar-refractivity contribution is 0.241. The van der Waals surface area contributed by atoms with Gasteiger partial charge in [-0.1, -0.05) is 0 Å². The first-order chi connectivity index (χ1) is 7.99. The van der Waals surface area contributed by atoms with E-state index in [1.807, 2.05) is 13.8 Å². The van der Waals surface area contributed by atoms with Crippen molar-refractivity contribution in [1.82, 2.24) is 0 Å². The van der Waals surface area contributed by atoms with Crippen LogP contribution in [-0.4, -0.2) is 23.4 Å². The molecule has 5 N–H and O–H groups in total. The Bertz CT molecular complexity index is 437. The van der Waals surface area contributed by atoms with Crippen LogP contribution in [0.1, 0.15) is 19.4 Å². The van der Waals surface area contributed by atoms with Gasteiger partial charge < -0.3 is 21.3 Å². The van der Waals surface area contributed by atoms with Gasteiger partial charge in [0.25, 0.3) is 0 Å². The van der Waals surface area contributed by atoms with Gasteiger partial charge >= 0.3 is 0 Å². The van der Waals surface area contributed by atoms with Crippen molar-refractivity contribution in [2.75, 3.05) is 0 Å². The molecule has 17 heavy (non-hydrogen) atoms. The summed E-state index contributed by atoms with van der Waals surface area (Å²) in [5, 5.41) is 16.7. The summed E-state index contributed by atoms with van der Waals surface area (Å²) in [6.45, 7) is 3.82. The highest BCUT2D eigenvalue weighted by Gasteiger charge is 2.02. The average molecular weight is 236 g/mol. The van der Waals surface area contributed by atoms with E-state index in [0.29, 0.717) is 11.3 Å². The molecule has 1 aromatic rings. The maximum atomic E-state index is 9.69. The van der Waals surface area contributed by atoms with Gasteiger partial charge in [0.05, 0.1) is 12.3 Å². The molecule has 1 aromatic carbocycles. The molecular formula is C11H16N4O2. The lowest BCUT2D eigenvalue weighted by Gasteiger charge is -2.10. The zero-order chi connectivity index (χ0) is 12.8. The van der Waals surface area contributed by atoms with E-state index in [9.17, 15) is 5.11 Å². The van der Waals surface area contributed by atoms with Gasteiger partial charge in [0.1, 0.15) is 11.5 Å². The minimum absolute atomic E-state index is 0.0514. The summed E-state index contributed by atoms with van der Waals surface area (Å²) in [5.74, 6) is 0.509. The van der Waals surface area contributed by atoms with Crippen molar-refractivity contribution in [3.63, 3.8) is 0 Å². The zero-order valence-corrected chi connectivity index (χ0v) is 9.79. The topological polar surface area (TPSA) is 106 Å². The number of phenolic OH excluding ortho intramolecular Hbond substituents is 1. The van der Waals surface area contributed by atoms with E-state index in [4.69, 9.17) is 16.2 Å². The van der Waals surface area contributed by atoms with Crippen LogP contribution in [0.3, 0.4) is 0 Å². The van der Waals surface area contributed by atoms with Gasteiger partial charge in [0.2, 0.25) is 5.96 Å². The average Bonchev–Trinajstić information content (AvgIpc) is 2.20. The smallest absolute Gasteiger partial charge is 0.211 e. The van der Waals surface area contributed by atoms with Crippen LogP contribution in [-0.2, 0) is 0 Å². The maximum Gasteiger partial charge on any atom is 0.211 e. The van der Waals surface area contributed by atoms with Gasteiger partial charge in [-0.05, 0) is 26.0 Å². The summed E-state index contributed by atoms with van der Waals surface area (Å²) < 4.78 is 5.42. The minimum Gasteiger partial charge on any atom is -0.507 e. The summed E-state index contributed by atoms with van der Waals surface area (Å²) in [7, 11) is 0. The first-order valence-corrected chi connectivity index (χ1v) is 5.10. The van der Waals surface area contributed by atoms with Crippen molar-refractivity contribution >= 4 is 12.2 Å². The first kappa shape index (κ1) is 12.8. The van der Waals surface area contributed by atoms with Gasteiger partial charge in [-0.2, -0.15) is 5.10 Å². The number of nitrogens with two attached hydrogens (primary N) is 2. The maximum absolute atomic E-state index is 9.69. The van der Waals surface area contributed by atoms with Gasteiger partial charge in [-0.25, -0.2) is 0 Å². The largest absolute Gasteiger partial charge is 0.507 e. The summed E-state index contributed by atoms with van der Waals surface area (Å²) in [5.41, 5.74) is 10.7. The summed E-state index contributed by atoms with van der Waals surface area (Å²) in [4.78, 5) is 0. The number of benzene rings is 1. The van der Waals surface area contributed by atoms with Crippen LogP contribution >= 0.6 is 0 Å². The van der Waals surface area contributed by atoms with Gasteiger partial charge in [0, 0.05) is 11.6 Å². The van der Waals surface area contributed by atoms with E-state index in [1.165, 1.54) is 12.3 Å². The van der Waals surface area contributed by atoms with Crippen molar-refractivity contribution in [3.05, 3.63) is 23.8 Å². The fourth-order valence-corrected chi connectivity index (χ4v) is 1.14. The predicted molar refractivity (Wildman–Crippen MR) is 67.3 cm³/mol. The lowest BCUT2D eigenvalue weighted by Crippen LogP contribution is -2.21. The zero-order valence-electron chi connectivity index (χ0n) is 9.79. The molecule has 0 unspecified atom stereocenters. The van der Waals surface area contributed by atoms with Gasteiger partial charge in [-0.15, -0.1) is 5.10 Å². The molecule has 92 valence electrons. The molecule has 0 atom stereocenters. The van der Waals surface area contributed by atoms with Crippen molar-refractivity contribution in [2.45, 2.75) is 20.0 Å². The highest BCUT2D eigenvalue weighted by Crippen LogP contribution is 2.23. The third kappa shape index (κ3) is 4.42. The number of hydrogen-bond donors (Lipinski definition) is 3. The minimum atomic E-state index is -0.138. The van der Waals surface area contributed by atoms with Gasteiger partial charge in [0.15, 0.2) is 0 Å². The molecule has 0 aliphatic rings. The van der Waals surface area contributed by atoms with E-state index in [2.05, 4.69) is 10.2 Å². The van der Waals surface area contributed by atoms with E-state index in [1.54, 1.807) is 12.1 Å². The number of nitrogens with zero attached hydrogens (tertiary/aromatic N) is 2. The Balaban J connectivity index is 2.83. The summed E-state index contributed by atoms with van der Waals surface area (Å²) in [6.07, 6.45) is 1.41. The van der Waals surface area contributed by atoms with Crippen LogP contribution in [0, 0.1) is 0 Å². The Kier molecular flexibility index (Phi) is 4.33. The van der Waals surface area contributed by atoms with E-state index in [0.717, 1.165) is 0 Å².